The van der Waals surface area contributed by atoms with Crippen LogP contribution >= 0.6 is 0 Å². The molecular formula is C45H74O17. The molecule has 5 N–H and O–H groups in total. The van der Waals surface area contributed by atoms with Crippen LogP contribution in [-0.2, 0) is 57.0 Å². The summed E-state index contributed by atoms with van der Waals surface area (Å²) < 4.78 is 54.3. The first-order chi connectivity index (χ1) is 29.2. The minimum atomic E-state index is -1.47. The number of allylic oxidation sites excluding steroid dienone is 3. The largest absolute Gasteiger partial charge is 0.462 e. The summed E-state index contributed by atoms with van der Waals surface area (Å²) in [5, 5.41) is 55.2. The molecule has 0 saturated carbocycles. The van der Waals surface area contributed by atoms with Gasteiger partial charge in [-0.2, -0.15) is 0 Å². The van der Waals surface area contributed by atoms with Crippen LogP contribution in [0.1, 0.15) is 94.4 Å². The third-order valence-electron chi connectivity index (χ3n) is 13.2. The van der Waals surface area contributed by atoms with Crippen molar-refractivity contribution < 1.29 is 82.5 Å². The van der Waals surface area contributed by atoms with E-state index < -0.39 is 140 Å². The maximum atomic E-state index is 13.7. The van der Waals surface area contributed by atoms with Gasteiger partial charge in [0.2, 0.25) is 0 Å². The smallest absolute Gasteiger partial charge is 0.308 e. The van der Waals surface area contributed by atoms with Gasteiger partial charge in [-0.1, -0.05) is 45.4 Å². The van der Waals surface area contributed by atoms with Gasteiger partial charge in [-0.15, -0.1) is 0 Å². The van der Waals surface area contributed by atoms with Crippen molar-refractivity contribution in [2.45, 2.75) is 192 Å². The summed E-state index contributed by atoms with van der Waals surface area (Å²) in [5.41, 5.74) is -0.779. The lowest BCUT2D eigenvalue weighted by Gasteiger charge is -2.48. The van der Waals surface area contributed by atoms with Gasteiger partial charge in [-0.25, -0.2) is 0 Å². The maximum Gasteiger partial charge on any atom is 0.308 e. The van der Waals surface area contributed by atoms with Crippen molar-refractivity contribution in [3.05, 3.63) is 23.8 Å². The quantitative estimate of drug-likeness (QED) is 0.140. The number of ether oxygens (including phenoxy) is 9. The number of ketones is 1. The van der Waals surface area contributed by atoms with Crippen molar-refractivity contribution in [3.8, 4) is 0 Å². The van der Waals surface area contributed by atoms with E-state index in [1.165, 1.54) is 27.2 Å². The Bertz CT molecular complexity index is 1500. The van der Waals surface area contributed by atoms with Crippen LogP contribution in [0.3, 0.4) is 0 Å². The lowest BCUT2D eigenvalue weighted by Crippen LogP contribution is -2.59. The third-order valence-corrected chi connectivity index (χ3v) is 13.2. The zero-order valence-corrected chi connectivity index (χ0v) is 38.2. The van der Waals surface area contributed by atoms with Crippen LogP contribution in [0.5, 0.6) is 0 Å². The molecule has 0 aliphatic carbocycles. The molecule has 0 aromatic heterocycles. The van der Waals surface area contributed by atoms with Crippen LogP contribution in [0.25, 0.3) is 0 Å². The number of methoxy groups -OCH3 is 2. The normalized spacial score (nSPS) is 46.9. The first kappa shape index (κ1) is 52.4. The average Bonchev–Trinajstić information content (AvgIpc) is 3.21. The fourth-order valence-corrected chi connectivity index (χ4v) is 9.19. The Balaban J connectivity index is 1.58. The number of rotatable bonds is 12. The number of hydrogen-bond acceptors (Lipinski definition) is 17. The van der Waals surface area contributed by atoms with E-state index >= 15 is 0 Å². The van der Waals surface area contributed by atoms with Crippen molar-refractivity contribution >= 4 is 18.0 Å². The van der Waals surface area contributed by atoms with E-state index in [0.29, 0.717) is 12.0 Å². The van der Waals surface area contributed by atoms with E-state index in [0.717, 1.165) is 6.29 Å². The highest BCUT2D eigenvalue weighted by molar-refractivity contribution is 5.91. The van der Waals surface area contributed by atoms with Gasteiger partial charge < -0.3 is 73.0 Å². The van der Waals surface area contributed by atoms with Crippen molar-refractivity contribution in [2.24, 2.45) is 29.6 Å². The first-order valence-corrected chi connectivity index (χ1v) is 22.1. The van der Waals surface area contributed by atoms with E-state index in [1.807, 2.05) is 19.9 Å². The van der Waals surface area contributed by atoms with Crippen molar-refractivity contribution in [1.82, 2.24) is 0 Å². The molecule has 62 heavy (non-hydrogen) atoms. The molecule has 0 radical (unpaired) electrons. The molecule has 4 aliphatic rings. The SMILES string of the molecule is CC[C@H]1OC(=O)C[C@@H](O)[C@H](C)[C@@H](O[C@@H]2OC(C)[C@@H](O[C@H]3CC(C)(O)[C@@H](O)[C@@H](C)O3)C(C)[C@@H]2O)[C@@H](CC=O)C[C@@H](C)C(=O)/C=C/C(C)=C/[C@@H]1CO[C@@H]1OC(C)[C@@H](O)C(OC)[C@@H]1OC. The molecular weight excluding hydrogens is 812 g/mol. The second-order valence-corrected chi connectivity index (χ2v) is 18.1. The molecule has 3 saturated heterocycles. The Morgan fingerprint density at radius 2 is 1.48 bits per heavy atom. The number of aliphatic hydroxyl groups is 5. The highest BCUT2D eigenvalue weighted by Gasteiger charge is 2.50. The van der Waals surface area contributed by atoms with Crippen LogP contribution in [0, 0.1) is 29.6 Å². The van der Waals surface area contributed by atoms with E-state index in [2.05, 4.69) is 0 Å². The van der Waals surface area contributed by atoms with E-state index in [9.17, 15) is 39.9 Å². The van der Waals surface area contributed by atoms with Crippen LogP contribution < -0.4 is 0 Å². The molecule has 4 heterocycles. The molecule has 4 aliphatic heterocycles. The monoisotopic (exact) mass is 886 g/mol. The molecule has 17 nitrogen and oxygen atoms in total. The Morgan fingerprint density at radius 3 is 2.10 bits per heavy atom. The van der Waals surface area contributed by atoms with Gasteiger partial charge in [-0.3, -0.25) is 9.59 Å². The second-order valence-electron chi connectivity index (χ2n) is 18.1. The molecule has 0 aromatic carbocycles. The molecule has 0 amide bonds. The van der Waals surface area contributed by atoms with E-state index in [4.69, 9.17) is 42.6 Å². The third kappa shape index (κ3) is 13.0. The predicted molar refractivity (Wildman–Crippen MR) is 222 cm³/mol. The summed E-state index contributed by atoms with van der Waals surface area (Å²) in [6.45, 7) is 15.4. The number of esters is 1. The molecule has 356 valence electrons. The first-order valence-electron chi connectivity index (χ1n) is 22.1. The van der Waals surface area contributed by atoms with Crippen molar-refractivity contribution in [1.29, 1.82) is 0 Å². The summed E-state index contributed by atoms with van der Waals surface area (Å²) in [7, 11) is 2.93. The van der Waals surface area contributed by atoms with Gasteiger partial charge in [0, 0.05) is 50.7 Å². The Hall–Kier alpha value is -2.23. The summed E-state index contributed by atoms with van der Waals surface area (Å²) in [5.74, 6) is -4.12. The molecule has 0 bridgehead atoms. The van der Waals surface area contributed by atoms with Gasteiger partial charge >= 0.3 is 5.97 Å². The van der Waals surface area contributed by atoms with Crippen molar-refractivity contribution in [2.75, 3.05) is 20.8 Å². The van der Waals surface area contributed by atoms with Crippen molar-refractivity contribution in [3.63, 3.8) is 0 Å². The fraction of sp³-hybridized carbons (Fsp3) is 0.844. The fourth-order valence-electron chi connectivity index (χ4n) is 9.19. The Labute approximate surface area is 366 Å². The van der Waals surface area contributed by atoms with Crippen LogP contribution in [0.4, 0.5) is 0 Å². The molecule has 0 aromatic rings. The molecule has 17 heteroatoms. The summed E-state index contributed by atoms with van der Waals surface area (Å²) in [6, 6.07) is 0. The predicted octanol–water partition coefficient (Wildman–Crippen LogP) is 2.54. The number of carbonyl (C=O) groups is 3. The number of hydrogen-bond donors (Lipinski definition) is 5. The van der Waals surface area contributed by atoms with Gasteiger partial charge in [0.25, 0.3) is 0 Å². The van der Waals surface area contributed by atoms with E-state index in [-0.39, 0.29) is 31.7 Å². The lowest BCUT2D eigenvalue weighted by molar-refractivity contribution is -0.341. The number of aldehydes is 1. The summed E-state index contributed by atoms with van der Waals surface area (Å²) >= 11 is 0. The summed E-state index contributed by atoms with van der Waals surface area (Å²) in [4.78, 5) is 39.6. The van der Waals surface area contributed by atoms with Crippen LogP contribution in [0.2, 0.25) is 0 Å². The molecule has 4 rings (SSSR count). The van der Waals surface area contributed by atoms with E-state index in [1.54, 1.807) is 47.6 Å². The standard InChI is InChI=1S/C45H74O17/c1-12-33-30(21-56-44-41(55-11)40(54-10)37(51)26(6)58-44)17-22(2)13-14-31(47)23(3)18-29(15-16-46)39(24(4)32(48)19-34(49)60-33)62-43-36(50)25(5)38(27(7)59-43)61-35-20-45(9,53)42(52)28(8)57-35/h13-14,16-17,23-30,32-33,35-44,48,50-53H,12,15,18-21H2,1-11H3/b14-13+,22-17+/t23-,24+,25?,26?,27?,28-,29+,30-,32-,33-,35+,36+,37-,38+,39-,40?,41+,42+,43+,44-,45?/m1/s1. The van der Waals surface area contributed by atoms with Crippen LogP contribution in [0.15, 0.2) is 23.8 Å². The van der Waals surface area contributed by atoms with Gasteiger partial charge in [0.05, 0.1) is 55.3 Å². The highest BCUT2D eigenvalue weighted by atomic mass is 16.7. The lowest BCUT2D eigenvalue weighted by atomic mass is 9.79. The number of cyclic esters (lactones) is 1. The average molecular weight is 887 g/mol. The second kappa shape index (κ2) is 23.3. The molecule has 21 atom stereocenters. The Kier molecular flexibility index (Phi) is 19.7. The minimum absolute atomic E-state index is 0.00343. The minimum Gasteiger partial charge on any atom is -0.462 e. The Morgan fingerprint density at radius 1 is 0.823 bits per heavy atom. The van der Waals surface area contributed by atoms with Gasteiger partial charge in [0.1, 0.15) is 42.9 Å². The van der Waals surface area contributed by atoms with Gasteiger partial charge in [0.15, 0.2) is 24.7 Å². The number of aliphatic hydroxyl groups excluding tert-OH is 4. The van der Waals surface area contributed by atoms with Crippen LogP contribution in [-0.4, -0.2) is 162 Å². The van der Waals surface area contributed by atoms with Gasteiger partial charge in [-0.05, 0) is 59.5 Å². The molecule has 3 fully saturated rings. The highest BCUT2D eigenvalue weighted by Crippen LogP contribution is 2.38. The summed E-state index contributed by atoms with van der Waals surface area (Å²) in [6.07, 6.45) is -8.01. The zero-order chi connectivity index (χ0) is 46.2. The topological polar surface area (TPSA) is 235 Å². The molecule has 0 spiro atoms. The zero-order valence-electron chi connectivity index (χ0n) is 38.2. The molecule has 5 unspecified atom stereocenters. The maximum absolute atomic E-state index is 13.7. The number of carbonyl (C=O) groups excluding carboxylic acids is 3.